The minimum absolute atomic E-state index is 0.0267. The standard InChI is InChI=1S/C35H37N7O9/c1-40-16-22(21-15-38-41(2)31(21)35(40)48)19-13-26(49-3)23(27(14-19)50-4)17-51-18-29(44)37-12-6-11-36-24-8-5-7-20-30(24)34(47)42(33(20)46)25-9-10-28(43)39-32(25)45/h5,7-8,13-16,25,36H,6,9-12,17-18H2,1-4H3,(H,37,44)(H,39,43,45). The van der Waals surface area contributed by atoms with Gasteiger partial charge in [-0.3, -0.25) is 43.7 Å². The van der Waals surface area contributed by atoms with Crippen LogP contribution in [-0.4, -0.2) is 88.7 Å². The third-order valence-corrected chi connectivity index (χ3v) is 8.93. The lowest BCUT2D eigenvalue weighted by atomic mass is 10.0. The second-order valence-corrected chi connectivity index (χ2v) is 12.1. The molecule has 266 valence electrons. The van der Waals surface area contributed by atoms with E-state index in [1.54, 1.807) is 43.3 Å². The van der Waals surface area contributed by atoms with Crippen molar-refractivity contribution in [3.05, 3.63) is 69.8 Å². The summed E-state index contributed by atoms with van der Waals surface area (Å²) in [5.74, 6) is -1.66. The van der Waals surface area contributed by atoms with Crippen LogP contribution in [-0.2, 0) is 39.8 Å². The lowest BCUT2D eigenvalue weighted by molar-refractivity contribution is -0.136. The zero-order chi connectivity index (χ0) is 36.4. The summed E-state index contributed by atoms with van der Waals surface area (Å²) in [5, 5.41) is 13.1. The normalized spacial score (nSPS) is 15.6. The Morgan fingerprint density at radius 2 is 1.75 bits per heavy atom. The fourth-order valence-corrected chi connectivity index (χ4v) is 6.39. The number of piperidine rings is 1. The van der Waals surface area contributed by atoms with E-state index < -0.39 is 29.7 Å². The maximum Gasteiger partial charge on any atom is 0.276 e. The minimum Gasteiger partial charge on any atom is -0.496 e. The fraction of sp³-hybridized carbons (Fsp3) is 0.343. The van der Waals surface area contributed by atoms with Crippen LogP contribution in [0.3, 0.4) is 0 Å². The smallest absolute Gasteiger partial charge is 0.276 e. The molecule has 2 aliphatic rings. The zero-order valence-electron chi connectivity index (χ0n) is 28.5. The largest absolute Gasteiger partial charge is 0.496 e. The number of fused-ring (bicyclic) bond motifs is 2. The van der Waals surface area contributed by atoms with Crippen LogP contribution >= 0.6 is 0 Å². The average molecular weight is 700 g/mol. The van der Waals surface area contributed by atoms with Crippen LogP contribution in [0.25, 0.3) is 22.0 Å². The van der Waals surface area contributed by atoms with E-state index in [9.17, 15) is 28.8 Å². The first-order valence-electron chi connectivity index (χ1n) is 16.2. The van der Waals surface area contributed by atoms with Crippen molar-refractivity contribution in [1.82, 2.24) is 29.9 Å². The van der Waals surface area contributed by atoms with Gasteiger partial charge >= 0.3 is 0 Å². The molecule has 6 rings (SSSR count). The number of methoxy groups -OCH3 is 2. The van der Waals surface area contributed by atoms with Crippen molar-refractivity contribution in [2.45, 2.75) is 31.9 Å². The molecular weight excluding hydrogens is 662 g/mol. The summed E-state index contributed by atoms with van der Waals surface area (Å²) < 4.78 is 20.1. The van der Waals surface area contributed by atoms with Gasteiger partial charge in [-0.25, -0.2) is 0 Å². The van der Waals surface area contributed by atoms with Gasteiger partial charge in [0.25, 0.3) is 17.4 Å². The van der Waals surface area contributed by atoms with Gasteiger partial charge in [0, 0.05) is 56.4 Å². The Bertz CT molecular complexity index is 2110. The summed E-state index contributed by atoms with van der Waals surface area (Å²) in [4.78, 5) is 76.5. The molecule has 1 fully saturated rings. The van der Waals surface area contributed by atoms with E-state index in [0.717, 1.165) is 16.0 Å². The predicted molar refractivity (Wildman–Crippen MR) is 183 cm³/mol. The molecule has 1 unspecified atom stereocenters. The Morgan fingerprint density at radius 3 is 2.45 bits per heavy atom. The van der Waals surface area contributed by atoms with Crippen molar-refractivity contribution in [2.24, 2.45) is 14.1 Å². The van der Waals surface area contributed by atoms with E-state index >= 15 is 0 Å². The number of ether oxygens (including phenoxy) is 3. The Balaban J connectivity index is 1.01. The maximum absolute atomic E-state index is 13.3. The molecule has 2 aromatic carbocycles. The van der Waals surface area contributed by atoms with Gasteiger partial charge in [-0.2, -0.15) is 5.10 Å². The number of pyridine rings is 1. The summed E-state index contributed by atoms with van der Waals surface area (Å²) in [6.45, 7) is 0.485. The van der Waals surface area contributed by atoms with Crippen molar-refractivity contribution >= 4 is 46.1 Å². The number of carbonyl (C=O) groups excluding carboxylic acids is 5. The number of benzene rings is 2. The number of aryl methyl sites for hydroxylation is 2. The Kier molecular flexibility index (Phi) is 9.86. The second kappa shape index (κ2) is 14.4. The van der Waals surface area contributed by atoms with Crippen molar-refractivity contribution in [3.8, 4) is 22.6 Å². The van der Waals surface area contributed by atoms with Crippen LogP contribution < -0.4 is 31.0 Å². The first-order valence-corrected chi connectivity index (χ1v) is 16.2. The average Bonchev–Trinajstić information content (AvgIpc) is 3.62. The van der Waals surface area contributed by atoms with E-state index in [2.05, 4.69) is 21.0 Å². The quantitative estimate of drug-likeness (QED) is 0.135. The number of hydrogen-bond donors (Lipinski definition) is 3. The second-order valence-electron chi connectivity index (χ2n) is 12.1. The molecule has 4 heterocycles. The van der Waals surface area contributed by atoms with E-state index in [-0.39, 0.29) is 48.6 Å². The first kappa shape index (κ1) is 34.8. The van der Waals surface area contributed by atoms with Crippen LogP contribution in [0.4, 0.5) is 5.69 Å². The van der Waals surface area contributed by atoms with Crippen molar-refractivity contribution in [1.29, 1.82) is 0 Å². The number of nitrogens with zero attached hydrogens (tertiary/aromatic N) is 4. The Hall–Kier alpha value is -6.03. The van der Waals surface area contributed by atoms with Gasteiger partial charge in [0.2, 0.25) is 17.7 Å². The van der Waals surface area contributed by atoms with E-state index in [1.807, 2.05) is 12.1 Å². The summed E-state index contributed by atoms with van der Waals surface area (Å²) in [7, 11) is 6.44. The molecule has 0 aliphatic carbocycles. The molecule has 2 aromatic heterocycles. The number of aromatic nitrogens is 3. The molecule has 0 radical (unpaired) electrons. The number of imide groups is 2. The van der Waals surface area contributed by atoms with E-state index in [1.165, 1.54) is 24.9 Å². The van der Waals surface area contributed by atoms with Crippen LogP contribution in [0.1, 0.15) is 45.5 Å². The molecule has 0 spiro atoms. The molecule has 1 saturated heterocycles. The van der Waals surface area contributed by atoms with Gasteiger partial charge in [-0.15, -0.1) is 0 Å². The molecule has 16 nitrogen and oxygen atoms in total. The molecule has 1 atom stereocenters. The van der Waals surface area contributed by atoms with Gasteiger partial charge in [0.1, 0.15) is 29.7 Å². The number of anilines is 1. The van der Waals surface area contributed by atoms with Crippen molar-refractivity contribution in [2.75, 3.05) is 39.2 Å². The molecule has 16 heteroatoms. The predicted octanol–water partition coefficient (Wildman–Crippen LogP) is 1.49. The highest BCUT2D eigenvalue weighted by molar-refractivity contribution is 6.25. The molecule has 2 aliphatic heterocycles. The molecule has 3 N–H and O–H groups in total. The molecule has 4 aromatic rings. The summed E-state index contributed by atoms with van der Waals surface area (Å²) in [5.41, 5.74) is 3.21. The van der Waals surface area contributed by atoms with Gasteiger partial charge < -0.3 is 29.4 Å². The monoisotopic (exact) mass is 699 g/mol. The maximum atomic E-state index is 13.3. The van der Waals surface area contributed by atoms with Crippen LogP contribution in [0.2, 0.25) is 0 Å². The number of amides is 5. The highest BCUT2D eigenvalue weighted by atomic mass is 16.5. The molecule has 0 bridgehead atoms. The van der Waals surface area contributed by atoms with Gasteiger partial charge in [0.05, 0.1) is 43.7 Å². The number of carbonyl (C=O) groups is 5. The fourth-order valence-electron chi connectivity index (χ4n) is 6.39. The SMILES string of the molecule is COc1cc(-c2cn(C)c(=O)c3c2cnn3C)cc(OC)c1COCC(=O)NCCCNc1cccc2c1C(=O)N(C1CCC(=O)NC1=O)C2=O. The zero-order valence-corrected chi connectivity index (χ0v) is 28.5. The third-order valence-electron chi connectivity index (χ3n) is 8.93. The van der Waals surface area contributed by atoms with Crippen molar-refractivity contribution in [3.63, 3.8) is 0 Å². The molecule has 5 amide bonds. The molecule has 51 heavy (non-hydrogen) atoms. The molecule has 0 saturated carbocycles. The Morgan fingerprint density at radius 1 is 1.00 bits per heavy atom. The summed E-state index contributed by atoms with van der Waals surface area (Å²) >= 11 is 0. The van der Waals surface area contributed by atoms with Gasteiger partial charge in [-0.05, 0) is 42.7 Å². The number of hydrogen-bond acceptors (Lipinski definition) is 11. The van der Waals surface area contributed by atoms with E-state index in [4.69, 9.17) is 14.2 Å². The minimum atomic E-state index is -1.05. The molecular formula is C35H37N7O9. The van der Waals surface area contributed by atoms with Gasteiger partial charge in [0.15, 0.2) is 0 Å². The highest BCUT2D eigenvalue weighted by Crippen LogP contribution is 2.37. The topological polar surface area (TPSA) is 192 Å². The van der Waals surface area contributed by atoms with Crippen LogP contribution in [0.15, 0.2) is 47.5 Å². The van der Waals surface area contributed by atoms with Crippen LogP contribution in [0, 0.1) is 0 Å². The van der Waals surface area contributed by atoms with Gasteiger partial charge in [-0.1, -0.05) is 6.07 Å². The van der Waals surface area contributed by atoms with E-state index in [0.29, 0.717) is 53.2 Å². The highest BCUT2D eigenvalue weighted by Gasteiger charge is 2.45. The summed E-state index contributed by atoms with van der Waals surface area (Å²) in [6.07, 6.45) is 3.99. The number of nitrogens with one attached hydrogen (secondary N) is 3. The Labute approximate surface area is 291 Å². The lowest BCUT2D eigenvalue weighted by Crippen LogP contribution is -2.54. The summed E-state index contributed by atoms with van der Waals surface area (Å²) in [6, 6.07) is 7.42. The lowest BCUT2D eigenvalue weighted by Gasteiger charge is -2.27. The first-order chi connectivity index (χ1) is 24.5. The van der Waals surface area contributed by atoms with Crippen LogP contribution in [0.5, 0.6) is 11.5 Å². The third kappa shape index (κ3) is 6.64. The number of rotatable bonds is 13. The van der Waals surface area contributed by atoms with Crippen molar-refractivity contribution < 1.29 is 38.2 Å².